The number of ether oxygens (including phenoxy) is 1. The molecule has 0 saturated carbocycles. The van der Waals surface area contributed by atoms with E-state index in [0.717, 1.165) is 24.3 Å². The first kappa shape index (κ1) is 13.8. The first-order valence-corrected chi connectivity index (χ1v) is 8.53. The molecule has 20 heavy (non-hydrogen) atoms. The van der Waals surface area contributed by atoms with E-state index in [9.17, 15) is 4.57 Å². The van der Waals surface area contributed by atoms with E-state index >= 15 is 0 Å². The van der Waals surface area contributed by atoms with Gasteiger partial charge in [0.15, 0.2) is 11.6 Å². The highest BCUT2D eigenvalue weighted by molar-refractivity contribution is 8.39. The minimum absolute atomic E-state index is 0.0747. The number of anilines is 3. The van der Waals surface area contributed by atoms with Crippen molar-refractivity contribution in [3.8, 4) is 0 Å². The van der Waals surface area contributed by atoms with Crippen molar-refractivity contribution >= 4 is 36.8 Å². The average Bonchev–Trinajstić information content (AvgIpc) is 3.02. The molecule has 0 amide bonds. The fraction of sp³-hybridized carbons (Fsp3) is 0.600. The lowest BCUT2D eigenvalue weighted by molar-refractivity contribution is 0.0199. The van der Waals surface area contributed by atoms with Crippen molar-refractivity contribution in [2.75, 3.05) is 29.2 Å². The Morgan fingerprint density at radius 2 is 2.45 bits per heavy atom. The first-order chi connectivity index (χ1) is 9.65. The monoisotopic (exact) mass is 316 g/mol. The fourth-order valence-electron chi connectivity index (χ4n) is 2.44. The van der Waals surface area contributed by atoms with Gasteiger partial charge in [-0.3, -0.25) is 0 Å². The summed E-state index contributed by atoms with van der Waals surface area (Å²) in [6.07, 6.45) is 2.96. The summed E-state index contributed by atoms with van der Waals surface area (Å²) in [5.74, 6) is 1.19. The minimum atomic E-state index is -1.89. The second-order valence-electron chi connectivity index (χ2n) is 4.59. The molecule has 1 fully saturated rings. The number of nitrogens with one attached hydrogen (secondary N) is 1. The van der Waals surface area contributed by atoms with E-state index in [-0.39, 0.29) is 18.9 Å². The van der Waals surface area contributed by atoms with Crippen LogP contribution < -0.4 is 16.0 Å². The SMILES string of the molecule is Nc1ncnc2c1NCN2[C@H]1CC[C@@H](CO[P+](=O)S)O1. The van der Waals surface area contributed by atoms with Gasteiger partial charge in [0.25, 0.3) is 0 Å². The molecular weight excluding hydrogens is 301 g/mol. The summed E-state index contributed by atoms with van der Waals surface area (Å²) in [5, 5.41) is 3.17. The maximum atomic E-state index is 10.8. The molecule has 108 valence electrons. The molecule has 3 atom stereocenters. The Balaban J connectivity index is 1.65. The Morgan fingerprint density at radius 3 is 3.25 bits per heavy atom. The van der Waals surface area contributed by atoms with Crippen LogP contribution in [0.15, 0.2) is 6.33 Å². The molecule has 0 bridgehead atoms. The van der Waals surface area contributed by atoms with Gasteiger partial charge < -0.3 is 20.7 Å². The zero-order valence-electron chi connectivity index (χ0n) is 10.6. The Hall–Kier alpha value is -1.15. The van der Waals surface area contributed by atoms with Crippen LogP contribution in [0.2, 0.25) is 0 Å². The topological polar surface area (TPSA) is 103 Å². The number of nitrogen functional groups attached to an aromatic ring is 1. The molecule has 8 nitrogen and oxygen atoms in total. The molecule has 0 aliphatic carbocycles. The van der Waals surface area contributed by atoms with Crippen LogP contribution in [-0.4, -0.2) is 35.6 Å². The van der Waals surface area contributed by atoms with Gasteiger partial charge in [0.05, 0.1) is 12.8 Å². The maximum absolute atomic E-state index is 10.8. The van der Waals surface area contributed by atoms with Crippen LogP contribution in [0.1, 0.15) is 12.8 Å². The number of nitrogens with zero attached hydrogens (tertiary/aromatic N) is 3. The molecule has 0 aromatic carbocycles. The number of rotatable bonds is 4. The molecule has 1 aromatic heterocycles. The summed E-state index contributed by atoms with van der Waals surface area (Å²) in [4.78, 5) is 10.2. The van der Waals surface area contributed by atoms with Gasteiger partial charge in [-0.1, -0.05) is 0 Å². The molecule has 0 spiro atoms. The van der Waals surface area contributed by atoms with Crippen molar-refractivity contribution in [1.29, 1.82) is 0 Å². The van der Waals surface area contributed by atoms with Gasteiger partial charge in [-0.15, -0.1) is 4.52 Å². The summed E-state index contributed by atoms with van der Waals surface area (Å²) in [5.41, 5.74) is 6.54. The maximum Gasteiger partial charge on any atom is 0.582 e. The van der Waals surface area contributed by atoms with Crippen LogP contribution in [0.3, 0.4) is 0 Å². The van der Waals surface area contributed by atoms with Crippen molar-refractivity contribution < 1.29 is 13.8 Å². The van der Waals surface area contributed by atoms with Crippen molar-refractivity contribution in [3.05, 3.63) is 6.33 Å². The van der Waals surface area contributed by atoms with Crippen LogP contribution in [0, 0.1) is 0 Å². The zero-order chi connectivity index (χ0) is 14.1. The molecule has 2 aliphatic heterocycles. The molecule has 3 rings (SSSR count). The Morgan fingerprint density at radius 1 is 1.60 bits per heavy atom. The van der Waals surface area contributed by atoms with Crippen molar-refractivity contribution in [2.24, 2.45) is 0 Å². The number of nitrogens with two attached hydrogens (primary N) is 1. The number of hydrogen-bond donors (Lipinski definition) is 3. The fourth-order valence-corrected chi connectivity index (χ4v) is 2.93. The molecule has 1 aromatic rings. The van der Waals surface area contributed by atoms with Crippen LogP contribution in [0.5, 0.6) is 0 Å². The highest BCUT2D eigenvalue weighted by atomic mass is 32.7. The van der Waals surface area contributed by atoms with Crippen LogP contribution in [0.25, 0.3) is 0 Å². The molecule has 3 N–H and O–H groups in total. The lowest BCUT2D eigenvalue weighted by Gasteiger charge is -2.24. The smallest absolute Gasteiger partial charge is 0.382 e. The lowest BCUT2D eigenvalue weighted by atomic mass is 10.2. The van der Waals surface area contributed by atoms with Crippen molar-refractivity contribution in [1.82, 2.24) is 9.97 Å². The van der Waals surface area contributed by atoms with E-state index in [1.165, 1.54) is 6.33 Å². The number of thiol groups is 1. The Kier molecular flexibility index (Phi) is 3.93. The number of hydrogen-bond acceptors (Lipinski definition) is 8. The standard InChI is InChI=1S/C10H14N5O3PS/c11-9-8-10(13-4-12-9)15(5-14-8)7-2-1-6(18-7)3-17-19(16)20/h4,6-7,14H,1-3,5H2,(H2-,11,12,13,16,20)/p+1/t6-,7+/m0/s1. The quantitative estimate of drug-likeness (QED) is 0.565. The lowest BCUT2D eigenvalue weighted by Crippen LogP contribution is -2.35. The van der Waals surface area contributed by atoms with E-state index in [2.05, 4.69) is 27.5 Å². The summed E-state index contributed by atoms with van der Waals surface area (Å²) < 4.78 is 21.7. The van der Waals surface area contributed by atoms with Crippen LogP contribution in [0.4, 0.5) is 17.3 Å². The molecule has 10 heteroatoms. The van der Waals surface area contributed by atoms with Gasteiger partial charge in [-0.2, -0.15) is 0 Å². The number of fused-ring (bicyclic) bond motifs is 1. The summed E-state index contributed by atoms with van der Waals surface area (Å²) >= 11 is 3.71. The van der Waals surface area contributed by atoms with E-state index in [0.29, 0.717) is 12.5 Å². The van der Waals surface area contributed by atoms with E-state index in [1.807, 2.05) is 4.90 Å². The predicted octanol–water partition coefficient (Wildman–Crippen LogP) is 1.36. The van der Waals surface area contributed by atoms with Gasteiger partial charge in [-0.25, -0.2) is 9.97 Å². The average molecular weight is 316 g/mol. The summed E-state index contributed by atoms with van der Waals surface area (Å²) in [6.45, 7) is 0.868. The third-order valence-electron chi connectivity index (χ3n) is 3.36. The third kappa shape index (κ3) is 2.67. The van der Waals surface area contributed by atoms with Crippen molar-refractivity contribution in [2.45, 2.75) is 25.2 Å². The molecule has 0 radical (unpaired) electrons. The third-order valence-corrected chi connectivity index (χ3v) is 4.07. The minimum Gasteiger partial charge on any atom is -0.382 e. The molecule has 3 heterocycles. The van der Waals surface area contributed by atoms with Crippen LogP contribution >= 0.6 is 19.5 Å². The zero-order valence-corrected chi connectivity index (χ0v) is 12.4. The van der Waals surface area contributed by atoms with Crippen LogP contribution in [-0.2, 0) is 13.8 Å². The van der Waals surface area contributed by atoms with Crippen molar-refractivity contribution in [3.63, 3.8) is 0 Å². The van der Waals surface area contributed by atoms with Gasteiger partial charge in [-0.05, 0) is 17.4 Å². The predicted molar refractivity (Wildman–Crippen MR) is 77.9 cm³/mol. The highest BCUT2D eigenvalue weighted by Gasteiger charge is 2.36. The van der Waals surface area contributed by atoms with E-state index in [1.54, 1.807) is 0 Å². The largest absolute Gasteiger partial charge is 0.582 e. The molecular formula is C10H15N5O3PS+. The van der Waals surface area contributed by atoms with Gasteiger partial charge >= 0.3 is 7.23 Å². The molecule has 1 unspecified atom stereocenters. The highest BCUT2D eigenvalue weighted by Crippen LogP contribution is 2.37. The normalized spacial score (nSPS) is 25.4. The van der Waals surface area contributed by atoms with Gasteiger partial charge in [0.1, 0.15) is 37.1 Å². The van der Waals surface area contributed by atoms with E-state index in [4.69, 9.17) is 15.0 Å². The second kappa shape index (κ2) is 5.69. The summed E-state index contributed by atoms with van der Waals surface area (Å²) in [6, 6.07) is 0. The Bertz CT molecular complexity index is 534. The van der Waals surface area contributed by atoms with E-state index < -0.39 is 7.23 Å². The second-order valence-corrected chi connectivity index (χ2v) is 6.30. The summed E-state index contributed by atoms with van der Waals surface area (Å²) in [7, 11) is -1.89. The molecule has 1 saturated heterocycles. The molecule has 2 aliphatic rings. The Labute approximate surface area is 122 Å². The van der Waals surface area contributed by atoms with Gasteiger partial charge in [0, 0.05) is 0 Å². The first-order valence-electron chi connectivity index (χ1n) is 6.20. The van der Waals surface area contributed by atoms with Gasteiger partial charge in [0.2, 0.25) is 0 Å². The number of aromatic nitrogens is 2.